The van der Waals surface area contributed by atoms with E-state index in [9.17, 15) is 9.18 Å². The summed E-state index contributed by atoms with van der Waals surface area (Å²) in [6.45, 7) is 0.698. The largest absolute Gasteiger partial charge is 0.331 e. The Bertz CT molecular complexity index is 916. The number of benzene rings is 1. The second-order valence-corrected chi connectivity index (χ2v) is 6.23. The van der Waals surface area contributed by atoms with Crippen LogP contribution < -0.4 is 0 Å². The highest BCUT2D eigenvalue weighted by atomic mass is 19.1. The number of hydrogen-bond donors (Lipinski definition) is 0. The van der Waals surface area contributed by atoms with E-state index in [-0.39, 0.29) is 17.8 Å². The molecular weight excluding hydrogens is 321 g/mol. The quantitative estimate of drug-likeness (QED) is 0.737. The SMILES string of the molecule is Cn1cc([C@@H]2CCCN2C(=O)c2cnn(-c3ccccc3F)c2)cn1. The molecule has 1 aliphatic rings. The summed E-state index contributed by atoms with van der Waals surface area (Å²) in [7, 11) is 1.86. The van der Waals surface area contributed by atoms with Gasteiger partial charge in [-0.05, 0) is 25.0 Å². The maximum absolute atomic E-state index is 13.9. The van der Waals surface area contributed by atoms with E-state index in [1.165, 1.54) is 16.9 Å². The Morgan fingerprint density at radius 3 is 2.80 bits per heavy atom. The van der Waals surface area contributed by atoms with Crippen LogP contribution in [0.5, 0.6) is 0 Å². The van der Waals surface area contributed by atoms with Gasteiger partial charge >= 0.3 is 0 Å². The lowest BCUT2D eigenvalue weighted by Crippen LogP contribution is -2.30. The molecule has 0 saturated carbocycles. The van der Waals surface area contributed by atoms with Crippen LogP contribution in [-0.4, -0.2) is 36.9 Å². The third kappa shape index (κ3) is 2.82. The van der Waals surface area contributed by atoms with Crippen LogP contribution in [0.1, 0.15) is 34.8 Å². The Morgan fingerprint density at radius 2 is 2.04 bits per heavy atom. The number of halogens is 1. The normalized spacial score (nSPS) is 17.2. The van der Waals surface area contributed by atoms with Crippen LogP contribution in [0.4, 0.5) is 4.39 Å². The first-order valence-corrected chi connectivity index (χ1v) is 8.22. The number of likely N-dealkylation sites (tertiary alicyclic amines) is 1. The predicted molar refractivity (Wildman–Crippen MR) is 89.7 cm³/mol. The minimum Gasteiger partial charge on any atom is -0.331 e. The summed E-state index contributed by atoms with van der Waals surface area (Å²) >= 11 is 0. The summed E-state index contributed by atoms with van der Waals surface area (Å²) in [5, 5.41) is 8.36. The first kappa shape index (κ1) is 15.6. The molecule has 7 heteroatoms. The van der Waals surface area contributed by atoms with E-state index in [0.717, 1.165) is 18.4 Å². The highest BCUT2D eigenvalue weighted by Crippen LogP contribution is 2.32. The van der Waals surface area contributed by atoms with Gasteiger partial charge in [-0.3, -0.25) is 9.48 Å². The average Bonchev–Trinajstić information content (AvgIpc) is 3.34. The molecule has 3 heterocycles. The maximum atomic E-state index is 13.9. The molecule has 1 fully saturated rings. The number of aromatic nitrogens is 4. The lowest BCUT2D eigenvalue weighted by atomic mass is 10.1. The predicted octanol–water partition coefficient (Wildman–Crippen LogP) is 2.72. The topological polar surface area (TPSA) is 56.0 Å². The van der Waals surface area contributed by atoms with E-state index >= 15 is 0 Å². The zero-order chi connectivity index (χ0) is 17.4. The molecule has 1 aliphatic heterocycles. The number of para-hydroxylation sites is 1. The molecule has 2 aromatic heterocycles. The van der Waals surface area contributed by atoms with Gasteiger partial charge in [-0.1, -0.05) is 12.1 Å². The van der Waals surface area contributed by atoms with Crippen LogP contribution in [0.3, 0.4) is 0 Å². The van der Waals surface area contributed by atoms with Gasteiger partial charge in [0.15, 0.2) is 0 Å². The molecule has 0 spiro atoms. The van der Waals surface area contributed by atoms with E-state index in [4.69, 9.17) is 0 Å². The second kappa shape index (κ2) is 6.16. The monoisotopic (exact) mass is 339 g/mol. The van der Waals surface area contributed by atoms with Gasteiger partial charge in [0, 0.05) is 31.5 Å². The van der Waals surface area contributed by atoms with Crippen LogP contribution in [0.15, 0.2) is 49.1 Å². The van der Waals surface area contributed by atoms with Gasteiger partial charge in [-0.2, -0.15) is 10.2 Å². The van der Waals surface area contributed by atoms with Crippen molar-refractivity contribution in [1.82, 2.24) is 24.5 Å². The maximum Gasteiger partial charge on any atom is 0.257 e. The van der Waals surface area contributed by atoms with Crippen molar-refractivity contribution in [2.75, 3.05) is 6.54 Å². The Morgan fingerprint density at radius 1 is 1.20 bits per heavy atom. The summed E-state index contributed by atoms with van der Waals surface area (Å²) in [6, 6.07) is 6.39. The summed E-state index contributed by atoms with van der Waals surface area (Å²) < 4.78 is 17.0. The molecule has 4 rings (SSSR count). The van der Waals surface area contributed by atoms with Crippen molar-refractivity contribution in [2.24, 2.45) is 7.05 Å². The van der Waals surface area contributed by atoms with Gasteiger partial charge < -0.3 is 4.90 Å². The Balaban J connectivity index is 1.60. The highest BCUT2D eigenvalue weighted by molar-refractivity contribution is 5.94. The van der Waals surface area contributed by atoms with Crippen molar-refractivity contribution in [2.45, 2.75) is 18.9 Å². The number of hydrogen-bond acceptors (Lipinski definition) is 3. The molecule has 1 amide bonds. The molecule has 25 heavy (non-hydrogen) atoms. The molecule has 3 aromatic rings. The van der Waals surface area contributed by atoms with Gasteiger partial charge in [0.05, 0.1) is 24.0 Å². The van der Waals surface area contributed by atoms with Crippen molar-refractivity contribution in [1.29, 1.82) is 0 Å². The third-order valence-electron chi connectivity index (χ3n) is 4.55. The summed E-state index contributed by atoms with van der Waals surface area (Å²) in [6.07, 6.45) is 8.69. The van der Waals surface area contributed by atoms with Crippen molar-refractivity contribution >= 4 is 5.91 Å². The molecule has 0 N–H and O–H groups in total. The fourth-order valence-corrected chi connectivity index (χ4v) is 3.34. The average molecular weight is 339 g/mol. The number of carbonyl (C=O) groups is 1. The molecule has 0 aliphatic carbocycles. The van der Waals surface area contributed by atoms with Gasteiger partial charge in [0.1, 0.15) is 11.5 Å². The molecule has 0 radical (unpaired) electrons. The number of carbonyl (C=O) groups excluding carboxylic acids is 1. The standard InChI is InChI=1S/C18H18FN5O/c1-22-11-13(9-20-22)16-7-4-8-23(16)18(25)14-10-21-24(12-14)17-6-3-2-5-15(17)19/h2-3,5-6,9-12,16H,4,7-8H2,1H3/t16-/m0/s1. The minimum atomic E-state index is -0.376. The molecular formula is C18H18FN5O. The number of nitrogens with zero attached hydrogens (tertiary/aromatic N) is 5. The van der Waals surface area contributed by atoms with Crippen LogP contribution in [0, 0.1) is 5.82 Å². The fraction of sp³-hybridized carbons (Fsp3) is 0.278. The number of aryl methyl sites for hydroxylation is 1. The molecule has 128 valence electrons. The van der Waals surface area contributed by atoms with Gasteiger partial charge in [0.25, 0.3) is 5.91 Å². The molecule has 0 bridgehead atoms. The van der Waals surface area contributed by atoms with Crippen LogP contribution >= 0.6 is 0 Å². The van der Waals surface area contributed by atoms with Gasteiger partial charge in [-0.25, -0.2) is 9.07 Å². The minimum absolute atomic E-state index is 0.0259. The number of rotatable bonds is 3. The summed E-state index contributed by atoms with van der Waals surface area (Å²) in [4.78, 5) is 14.8. The van der Waals surface area contributed by atoms with Gasteiger partial charge in [0.2, 0.25) is 0 Å². The molecule has 1 aromatic carbocycles. The zero-order valence-corrected chi connectivity index (χ0v) is 13.8. The molecule has 6 nitrogen and oxygen atoms in total. The summed E-state index contributed by atoms with van der Waals surface area (Å²) in [5.74, 6) is -0.465. The van der Waals surface area contributed by atoms with E-state index in [1.807, 2.05) is 18.1 Å². The lowest BCUT2D eigenvalue weighted by Gasteiger charge is -2.23. The lowest BCUT2D eigenvalue weighted by molar-refractivity contribution is 0.0735. The van der Waals surface area contributed by atoms with Crippen molar-refractivity contribution in [3.63, 3.8) is 0 Å². The smallest absolute Gasteiger partial charge is 0.257 e. The third-order valence-corrected chi connectivity index (χ3v) is 4.55. The van der Waals surface area contributed by atoms with E-state index < -0.39 is 0 Å². The Hall–Kier alpha value is -2.96. The van der Waals surface area contributed by atoms with Crippen LogP contribution in [-0.2, 0) is 7.05 Å². The Labute approximate surface area is 144 Å². The van der Waals surface area contributed by atoms with Crippen molar-refractivity contribution < 1.29 is 9.18 Å². The van der Waals surface area contributed by atoms with E-state index in [1.54, 1.807) is 35.3 Å². The summed E-state index contributed by atoms with van der Waals surface area (Å²) in [5.41, 5.74) is 1.82. The van der Waals surface area contributed by atoms with Gasteiger partial charge in [-0.15, -0.1) is 0 Å². The Kier molecular flexibility index (Phi) is 3.83. The number of amides is 1. The van der Waals surface area contributed by atoms with Crippen molar-refractivity contribution in [3.8, 4) is 5.69 Å². The first-order valence-electron chi connectivity index (χ1n) is 8.22. The van der Waals surface area contributed by atoms with E-state index in [0.29, 0.717) is 17.8 Å². The second-order valence-electron chi connectivity index (χ2n) is 6.23. The van der Waals surface area contributed by atoms with Crippen LogP contribution in [0.2, 0.25) is 0 Å². The molecule has 0 unspecified atom stereocenters. The van der Waals surface area contributed by atoms with Crippen molar-refractivity contribution in [3.05, 3.63) is 66.0 Å². The van der Waals surface area contributed by atoms with Crippen LogP contribution in [0.25, 0.3) is 5.69 Å². The zero-order valence-electron chi connectivity index (χ0n) is 13.8. The molecule has 1 atom stereocenters. The van der Waals surface area contributed by atoms with E-state index in [2.05, 4.69) is 10.2 Å². The first-order chi connectivity index (χ1) is 12.1. The fourth-order valence-electron chi connectivity index (χ4n) is 3.34. The highest BCUT2D eigenvalue weighted by Gasteiger charge is 2.32. The molecule has 1 saturated heterocycles.